The molecule has 0 saturated carbocycles. The topological polar surface area (TPSA) is 0 Å². The highest BCUT2D eigenvalue weighted by atomic mass is 15.3. The van der Waals surface area contributed by atoms with E-state index >= 15 is 0 Å². The smallest absolute Gasteiger partial charge is 0.137 e. The van der Waals surface area contributed by atoms with E-state index in [4.69, 9.17) is 0 Å². The van der Waals surface area contributed by atoms with Crippen LogP contribution in [0.5, 0.6) is 0 Å². The number of unbranched alkanes of at least 4 members (excludes halogenated alkanes) is 12. The minimum atomic E-state index is 0.995. The molecule has 0 aromatic heterocycles. The van der Waals surface area contributed by atoms with Crippen molar-refractivity contribution in [3.8, 4) is 0 Å². The monoisotopic (exact) mass is 368 g/mol. The number of hydrogen-bond acceptors (Lipinski definition) is 0. The van der Waals surface area contributed by atoms with Crippen LogP contribution < -0.4 is 4.48 Å². The summed E-state index contributed by atoms with van der Waals surface area (Å²) in [6.07, 6.45) is 27.6. The van der Waals surface area contributed by atoms with Gasteiger partial charge in [0.25, 0.3) is 0 Å². The Kier molecular flexibility index (Phi) is 11.2. The number of nitrogens with zero attached hydrogens (tertiary/aromatic N) is 1. The van der Waals surface area contributed by atoms with Gasteiger partial charge in [-0.3, -0.25) is 4.48 Å². The highest BCUT2D eigenvalue weighted by molar-refractivity contribution is 5.47. The Morgan fingerprint density at radius 3 is 1.74 bits per heavy atom. The predicted octanol–water partition coefficient (Wildman–Crippen LogP) is 8.17. The number of para-hydroxylation sites is 1. The summed E-state index contributed by atoms with van der Waals surface area (Å²) >= 11 is 0. The van der Waals surface area contributed by atoms with E-state index in [9.17, 15) is 0 Å². The van der Waals surface area contributed by atoms with E-state index in [0.29, 0.717) is 0 Å². The standard InChI is InChI=1S/C26H42N/c1-2-3-4-5-6-7-8-9-10-11-12-13-18-23-27(24-19-15-20-25-27)26-21-16-14-17-22-26/h14-17,19-22,24H,2-13,18,23,25H2,1H3/q+1. The van der Waals surface area contributed by atoms with Gasteiger partial charge in [-0.15, -0.1) is 0 Å². The molecule has 0 amide bonds. The summed E-state index contributed by atoms with van der Waals surface area (Å²) in [4.78, 5) is 0. The number of benzene rings is 1. The molecule has 1 aromatic rings. The van der Waals surface area contributed by atoms with Crippen molar-refractivity contribution in [1.29, 1.82) is 0 Å². The first kappa shape index (κ1) is 22.0. The van der Waals surface area contributed by atoms with Crippen LogP contribution in [0.2, 0.25) is 0 Å². The molecular weight excluding hydrogens is 326 g/mol. The van der Waals surface area contributed by atoms with E-state index in [0.717, 1.165) is 11.0 Å². The van der Waals surface area contributed by atoms with Crippen LogP contribution in [0.1, 0.15) is 90.4 Å². The van der Waals surface area contributed by atoms with E-state index in [1.54, 1.807) is 0 Å². The summed E-state index contributed by atoms with van der Waals surface area (Å²) in [5.41, 5.74) is 1.43. The van der Waals surface area contributed by atoms with Gasteiger partial charge in [-0.1, -0.05) is 102 Å². The summed E-state index contributed by atoms with van der Waals surface area (Å²) in [5.74, 6) is 0. The zero-order chi connectivity index (χ0) is 19.0. The lowest BCUT2D eigenvalue weighted by Crippen LogP contribution is -2.45. The first-order valence-corrected chi connectivity index (χ1v) is 11.6. The highest BCUT2D eigenvalue weighted by Crippen LogP contribution is 2.27. The molecule has 27 heavy (non-hydrogen) atoms. The molecule has 1 heteroatoms. The molecule has 1 aromatic carbocycles. The fourth-order valence-corrected chi connectivity index (χ4v) is 4.23. The van der Waals surface area contributed by atoms with Crippen LogP contribution in [-0.4, -0.2) is 13.1 Å². The van der Waals surface area contributed by atoms with Gasteiger partial charge in [-0.2, -0.15) is 0 Å². The van der Waals surface area contributed by atoms with E-state index < -0.39 is 0 Å². The number of hydrogen-bond donors (Lipinski definition) is 0. The molecule has 0 bridgehead atoms. The molecule has 0 aliphatic carbocycles. The van der Waals surface area contributed by atoms with Gasteiger partial charge in [0.2, 0.25) is 0 Å². The van der Waals surface area contributed by atoms with Gasteiger partial charge < -0.3 is 0 Å². The minimum absolute atomic E-state index is 0.995. The molecule has 1 nitrogen and oxygen atoms in total. The maximum atomic E-state index is 2.38. The molecule has 0 N–H and O–H groups in total. The van der Waals surface area contributed by atoms with E-state index in [-0.39, 0.29) is 0 Å². The fraction of sp³-hybridized carbons (Fsp3) is 0.615. The van der Waals surface area contributed by atoms with Gasteiger partial charge in [-0.25, -0.2) is 0 Å². The lowest BCUT2D eigenvalue weighted by molar-refractivity contribution is 0.383. The second-order valence-electron chi connectivity index (χ2n) is 8.29. The highest BCUT2D eigenvalue weighted by Gasteiger charge is 2.27. The van der Waals surface area contributed by atoms with Crippen molar-refractivity contribution < 1.29 is 0 Å². The molecule has 1 unspecified atom stereocenters. The number of rotatable bonds is 15. The van der Waals surface area contributed by atoms with Gasteiger partial charge >= 0.3 is 0 Å². The molecule has 1 heterocycles. The van der Waals surface area contributed by atoms with Gasteiger partial charge in [0.1, 0.15) is 18.4 Å². The third-order valence-electron chi connectivity index (χ3n) is 5.98. The van der Waals surface area contributed by atoms with Crippen LogP contribution in [0.3, 0.4) is 0 Å². The summed E-state index contributed by atoms with van der Waals surface area (Å²) in [6, 6.07) is 11.0. The lowest BCUT2D eigenvalue weighted by atomic mass is 10.0. The summed E-state index contributed by atoms with van der Waals surface area (Å²) in [7, 11) is 0. The number of quaternary nitrogens is 1. The van der Waals surface area contributed by atoms with Crippen molar-refractivity contribution >= 4 is 5.69 Å². The minimum Gasteiger partial charge on any atom is -0.262 e. The average molecular weight is 369 g/mol. The third kappa shape index (κ3) is 8.47. The van der Waals surface area contributed by atoms with Crippen LogP contribution in [0.25, 0.3) is 0 Å². The van der Waals surface area contributed by atoms with Gasteiger partial charge in [0, 0.05) is 0 Å². The Bertz CT molecular complexity index is 530. The predicted molar refractivity (Wildman–Crippen MR) is 122 cm³/mol. The SMILES string of the molecule is CCCCCCCCCCCCCCC[N+]1(c2ccccc2)C=CC=CC1. The maximum absolute atomic E-state index is 2.38. The van der Waals surface area contributed by atoms with Gasteiger partial charge in [-0.05, 0) is 37.1 Å². The van der Waals surface area contributed by atoms with Crippen molar-refractivity contribution in [2.45, 2.75) is 90.4 Å². The molecule has 1 atom stereocenters. The van der Waals surface area contributed by atoms with Crippen LogP contribution in [0, 0.1) is 0 Å². The molecule has 0 radical (unpaired) electrons. The quantitative estimate of drug-likeness (QED) is 0.216. The Morgan fingerprint density at radius 2 is 1.22 bits per heavy atom. The second-order valence-corrected chi connectivity index (χ2v) is 8.29. The van der Waals surface area contributed by atoms with Gasteiger partial charge in [0.15, 0.2) is 0 Å². The lowest BCUT2D eigenvalue weighted by Gasteiger charge is -2.35. The van der Waals surface area contributed by atoms with Crippen molar-refractivity contribution in [1.82, 2.24) is 4.48 Å². The zero-order valence-electron chi connectivity index (χ0n) is 17.7. The molecule has 1 aliphatic heterocycles. The molecule has 0 saturated heterocycles. The Hall–Kier alpha value is -1.34. The largest absolute Gasteiger partial charge is 0.262 e. The van der Waals surface area contributed by atoms with Crippen molar-refractivity contribution in [2.75, 3.05) is 13.1 Å². The molecule has 1 aliphatic rings. The van der Waals surface area contributed by atoms with Crippen molar-refractivity contribution in [3.05, 3.63) is 54.8 Å². The molecule has 0 spiro atoms. The van der Waals surface area contributed by atoms with E-state index in [2.05, 4.69) is 61.7 Å². The Balaban J connectivity index is 1.53. The third-order valence-corrected chi connectivity index (χ3v) is 5.98. The van der Waals surface area contributed by atoms with Crippen LogP contribution in [-0.2, 0) is 0 Å². The summed E-state index contributed by atoms with van der Waals surface area (Å²) in [6.45, 7) is 4.62. The first-order valence-electron chi connectivity index (χ1n) is 11.6. The maximum Gasteiger partial charge on any atom is 0.137 e. The Labute approximate surface area is 168 Å². The molecule has 150 valence electrons. The Morgan fingerprint density at radius 1 is 0.667 bits per heavy atom. The summed E-state index contributed by atoms with van der Waals surface area (Å²) in [5, 5.41) is 0. The van der Waals surface area contributed by atoms with Gasteiger partial charge in [0.05, 0.1) is 6.54 Å². The molecule has 0 fully saturated rings. The van der Waals surface area contributed by atoms with Crippen LogP contribution in [0.15, 0.2) is 54.8 Å². The molecule has 2 rings (SSSR count). The second kappa shape index (κ2) is 13.8. The number of allylic oxidation sites excluding steroid dienone is 2. The molecular formula is C26H42N+. The van der Waals surface area contributed by atoms with Crippen molar-refractivity contribution in [2.24, 2.45) is 0 Å². The van der Waals surface area contributed by atoms with Crippen LogP contribution >= 0.6 is 0 Å². The first-order chi connectivity index (χ1) is 13.4. The fourth-order valence-electron chi connectivity index (χ4n) is 4.23. The van der Waals surface area contributed by atoms with E-state index in [1.165, 1.54) is 95.7 Å². The zero-order valence-corrected chi connectivity index (χ0v) is 17.7. The summed E-state index contributed by atoms with van der Waals surface area (Å²) < 4.78 is 0.995. The normalized spacial score (nSPS) is 18.9. The van der Waals surface area contributed by atoms with Crippen LogP contribution in [0.4, 0.5) is 5.69 Å². The van der Waals surface area contributed by atoms with E-state index in [1.807, 2.05) is 0 Å². The average Bonchev–Trinajstić information content (AvgIpc) is 2.73. The van der Waals surface area contributed by atoms with Crippen molar-refractivity contribution in [3.63, 3.8) is 0 Å².